The molecule has 4 rings (SSSR count). The van der Waals surface area contributed by atoms with Crippen LogP contribution in [0.5, 0.6) is 0 Å². The van der Waals surface area contributed by atoms with Crippen molar-refractivity contribution < 1.29 is 5.11 Å². The summed E-state index contributed by atoms with van der Waals surface area (Å²) in [6.45, 7) is 7.85. The highest BCUT2D eigenvalue weighted by molar-refractivity contribution is 6.04. The van der Waals surface area contributed by atoms with Gasteiger partial charge in [-0.25, -0.2) is 9.97 Å². The minimum absolute atomic E-state index is 0.469. The third-order valence-electron chi connectivity index (χ3n) is 5.36. The van der Waals surface area contributed by atoms with Gasteiger partial charge in [0.1, 0.15) is 5.82 Å². The molecule has 6 heteroatoms. The average Bonchev–Trinajstić information content (AvgIpc) is 2.87. The highest BCUT2D eigenvalue weighted by Gasteiger charge is 2.15. The standard InChI is InChI=1S/C28H27N5O/c1-4-10-23(30-5-2)18-31-28-26-24(20-11-7-6-8-12-20)13-9-14-25(26)32-27(33-28)22-15-21(19(3)34)16-29-17-22/h4-17,19,34H,2,18H2,1,3H3,(H,31,32,33)/b10-4-,30-23+. The molecule has 0 fully saturated rings. The molecule has 0 aliphatic carbocycles. The average molecular weight is 450 g/mol. The Morgan fingerprint density at radius 1 is 1.09 bits per heavy atom. The van der Waals surface area contributed by atoms with Gasteiger partial charge in [0.15, 0.2) is 5.82 Å². The largest absolute Gasteiger partial charge is 0.389 e. The van der Waals surface area contributed by atoms with Gasteiger partial charge < -0.3 is 10.4 Å². The smallest absolute Gasteiger partial charge is 0.163 e. The zero-order chi connectivity index (χ0) is 23.9. The molecule has 2 aromatic heterocycles. The van der Waals surface area contributed by atoms with Gasteiger partial charge in [-0.1, -0.05) is 55.1 Å². The predicted octanol–water partition coefficient (Wildman–Crippen LogP) is 5.98. The number of rotatable bonds is 8. The van der Waals surface area contributed by atoms with Crippen LogP contribution in [0, 0.1) is 0 Å². The van der Waals surface area contributed by atoms with E-state index in [4.69, 9.17) is 9.97 Å². The van der Waals surface area contributed by atoms with E-state index in [2.05, 4.69) is 40.1 Å². The summed E-state index contributed by atoms with van der Waals surface area (Å²) in [5.74, 6) is 1.23. The van der Waals surface area contributed by atoms with E-state index in [-0.39, 0.29) is 0 Å². The van der Waals surface area contributed by atoms with Crippen molar-refractivity contribution in [2.75, 3.05) is 11.9 Å². The van der Waals surface area contributed by atoms with Crippen molar-refractivity contribution in [1.82, 2.24) is 15.0 Å². The van der Waals surface area contributed by atoms with Crippen molar-refractivity contribution >= 4 is 22.4 Å². The maximum Gasteiger partial charge on any atom is 0.163 e. The normalized spacial score (nSPS) is 12.7. The van der Waals surface area contributed by atoms with Crippen LogP contribution in [0.4, 0.5) is 5.82 Å². The highest BCUT2D eigenvalue weighted by atomic mass is 16.3. The predicted molar refractivity (Wildman–Crippen MR) is 140 cm³/mol. The fraction of sp³-hybridized carbons (Fsp3) is 0.143. The van der Waals surface area contributed by atoms with E-state index in [1.807, 2.05) is 55.5 Å². The Hall–Kier alpha value is -4.16. The number of benzene rings is 2. The van der Waals surface area contributed by atoms with Crippen LogP contribution >= 0.6 is 0 Å². The quantitative estimate of drug-likeness (QED) is 0.323. The van der Waals surface area contributed by atoms with Gasteiger partial charge in [-0.3, -0.25) is 9.98 Å². The van der Waals surface area contributed by atoms with Crippen molar-refractivity contribution in [2.24, 2.45) is 4.99 Å². The van der Waals surface area contributed by atoms with Crippen molar-refractivity contribution in [3.8, 4) is 22.5 Å². The molecule has 34 heavy (non-hydrogen) atoms. The molecule has 2 aromatic carbocycles. The fourth-order valence-electron chi connectivity index (χ4n) is 3.74. The molecule has 6 nitrogen and oxygen atoms in total. The van der Waals surface area contributed by atoms with Crippen LogP contribution in [0.2, 0.25) is 0 Å². The number of pyridine rings is 1. The van der Waals surface area contributed by atoms with Crippen LogP contribution in [-0.4, -0.2) is 32.3 Å². The molecule has 0 radical (unpaired) electrons. The van der Waals surface area contributed by atoms with E-state index >= 15 is 0 Å². The molecule has 4 aromatic rings. The maximum atomic E-state index is 10.0. The summed E-state index contributed by atoms with van der Waals surface area (Å²) < 4.78 is 0. The van der Waals surface area contributed by atoms with E-state index in [9.17, 15) is 5.11 Å². The zero-order valence-corrected chi connectivity index (χ0v) is 19.3. The summed E-state index contributed by atoms with van der Waals surface area (Å²) in [5.41, 5.74) is 5.21. The molecule has 0 spiro atoms. The second kappa shape index (κ2) is 10.6. The number of nitrogens with one attached hydrogen (secondary N) is 1. The summed E-state index contributed by atoms with van der Waals surface area (Å²) in [7, 11) is 0. The van der Waals surface area contributed by atoms with Gasteiger partial charge in [0.25, 0.3) is 0 Å². The van der Waals surface area contributed by atoms with Gasteiger partial charge in [0, 0.05) is 24.2 Å². The molecular weight excluding hydrogens is 422 g/mol. The third kappa shape index (κ3) is 5.08. The van der Waals surface area contributed by atoms with Crippen molar-refractivity contribution in [3.63, 3.8) is 0 Å². The number of aromatic nitrogens is 3. The summed E-state index contributed by atoms with van der Waals surface area (Å²) in [6.07, 6.45) is 8.14. The molecule has 0 aliphatic rings. The van der Waals surface area contributed by atoms with Crippen molar-refractivity contribution in [1.29, 1.82) is 0 Å². The molecule has 2 N–H and O–H groups in total. The Labute approximate surface area is 199 Å². The van der Waals surface area contributed by atoms with E-state index < -0.39 is 6.10 Å². The number of hydrogen-bond acceptors (Lipinski definition) is 6. The van der Waals surface area contributed by atoms with Crippen LogP contribution < -0.4 is 5.32 Å². The molecule has 170 valence electrons. The zero-order valence-electron chi connectivity index (χ0n) is 19.3. The first-order chi connectivity index (χ1) is 16.6. The van der Waals surface area contributed by atoms with Gasteiger partial charge in [-0.05, 0) is 48.7 Å². The summed E-state index contributed by atoms with van der Waals surface area (Å²) in [6, 6.07) is 18.1. The van der Waals surface area contributed by atoms with Crippen LogP contribution in [0.3, 0.4) is 0 Å². The Morgan fingerprint density at radius 3 is 2.65 bits per heavy atom. The van der Waals surface area contributed by atoms with Crippen LogP contribution in [0.15, 0.2) is 96.9 Å². The molecular formula is C28H27N5O. The molecule has 1 unspecified atom stereocenters. The van der Waals surface area contributed by atoms with Gasteiger partial charge in [0.05, 0.1) is 29.3 Å². The van der Waals surface area contributed by atoms with Crippen molar-refractivity contribution in [2.45, 2.75) is 20.0 Å². The van der Waals surface area contributed by atoms with Crippen LogP contribution in [-0.2, 0) is 0 Å². The number of hydrogen-bond donors (Lipinski definition) is 2. The van der Waals surface area contributed by atoms with Gasteiger partial charge >= 0.3 is 0 Å². The number of aliphatic imine (C=N–C) groups is 1. The monoisotopic (exact) mass is 449 g/mol. The van der Waals surface area contributed by atoms with Gasteiger partial charge in [-0.2, -0.15) is 0 Å². The Kier molecular flexibility index (Phi) is 7.20. The van der Waals surface area contributed by atoms with E-state index in [1.54, 1.807) is 19.3 Å². The SMILES string of the molecule is C=C/N=C(\C=C/C)CNc1nc(-c2cncc(C(C)O)c2)nc2cccc(-c3ccccc3)c12. The van der Waals surface area contributed by atoms with Crippen molar-refractivity contribution in [3.05, 3.63) is 97.5 Å². The topological polar surface area (TPSA) is 83.3 Å². The second-order valence-corrected chi connectivity index (χ2v) is 7.80. The first-order valence-electron chi connectivity index (χ1n) is 11.1. The molecule has 0 saturated heterocycles. The van der Waals surface area contributed by atoms with Crippen LogP contribution in [0.1, 0.15) is 25.5 Å². The molecule has 0 aliphatic heterocycles. The number of nitrogens with zero attached hydrogens (tertiary/aromatic N) is 4. The molecule has 0 amide bonds. The number of anilines is 1. The lowest BCUT2D eigenvalue weighted by Crippen LogP contribution is -2.13. The minimum Gasteiger partial charge on any atom is -0.389 e. The lowest BCUT2D eigenvalue weighted by atomic mass is 10.0. The fourth-order valence-corrected chi connectivity index (χ4v) is 3.74. The molecule has 1 atom stereocenters. The van der Waals surface area contributed by atoms with Crippen LogP contribution in [0.25, 0.3) is 33.4 Å². The lowest BCUT2D eigenvalue weighted by Gasteiger charge is -2.15. The Balaban J connectivity index is 1.89. The minimum atomic E-state index is -0.631. The Morgan fingerprint density at radius 2 is 1.91 bits per heavy atom. The maximum absolute atomic E-state index is 10.0. The number of allylic oxidation sites excluding steroid dienone is 1. The highest BCUT2D eigenvalue weighted by Crippen LogP contribution is 2.34. The first-order valence-corrected chi connectivity index (χ1v) is 11.1. The molecule has 2 heterocycles. The summed E-state index contributed by atoms with van der Waals surface area (Å²) >= 11 is 0. The van der Waals surface area contributed by atoms with Gasteiger partial charge in [0.2, 0.25) is 0 Å². The van der Waals surface area contributed by atoms with E-state index in [1.165, 1.54) is 6.20 Å². The number of aliphatic hydroxyl groups excluding tert-OH is 1. The molecule has 0 saturated carbocycles. The summed E-state index contributed by atoms with van der Waals surface area (Å²) in [5, 5.41) is 14.4. The summed E-state index contributed by atoms with van der Waals surface area (Å²) in [4.78, 5) is 18.4. The second-order valence-electron chi connectivity index (χ2n) is 7.80. The lowest BCUT2D eigenvalue weighted by molar-refractivity contribution is 0.199. The number of fused-ring (bicyclic) bond motifs is 1. The van der Waals surface area contributed by atoms with E-state index in [0.29, 0.717) is 23.8 Å². The Bertz CT molecular complexity index is 1360. The molecule has 0 bridgehead atoms. The third-order valence-corrected chi connectivity index (χ3v) is 5.36. The van der Waals surface area contributed by atoms with Gasteiger partial charge in [-0.15, -0.1) is 0 Å². The number of aliphatic hydroxyl groups is 1. The van der Waals surface area contributed by atoms with E-state index in [0.717, 1.165) is 33.3 Å². The first kappa shape index (κ1) is 23.0.